The highest BCUT2D eigenvalue weighted by molar-refractivity contribution is 6.03. The summed E-state index contributed by atoms with van der Waals surface area (Å²) in [7, 11) is 0. The molecule has 0 aromatic heterocycles. The molecule has 1 unspecified atom stereocenters. The molecule has 3 aromatic rings. The van der Waals surface area contributed by atoms with Gasteiger partial charge in [0.2, 0.25) is 0 Å². The van der Waals surface area contributed by atoms with E-state index in [9.17, 15) is 20.0 Å². The molecular weight excluding hydrogens is 370 g/mol. The summed E-state index contributed by atoms with van der Waals surface area (Å²) in [4.78, 5) is 23.1. The third-order valence-corrected chi connectivity index (χ3v) is 4.75. The van der Waals surface area contributed by atoms with Gasteiger partial charge in [-0.2, -0.15) is 0 Å². The van der Waals surface area contributed by atoms with Crippen LogP contribution in [-0.2, 0) is 0 Å². The standard InChI is InChI=1S/C22H17N3O4/c26-18-12-11-16(13-17(18)25(28)29)21-19(14-7-3-1-4-8-14)20(23-22(27)24-21)15-9-5-2-6-10-15/h1-13,21,26H,(H2,23,24,27). The number of hydrogen-bond acceptors (Lipinski definition) is 4. The van der Waals surface area contributed by atoms with Crippen molar-refractivity contribution in [2.24, 2.45) is 0 Å². The largest absolute Gasteiger partial charge is 0.502 e. The van der Waals surface area contributed by atoms with Gasteiger partial charge in [0.1, 0.15) is 0 Å². The van der Waals surface area contributed by atoms with Crippen LogP contribution in [0, 0.1) is 10.1 Å². The molecule has 0 fully saturated rings. The fraction of sp³-hybridized carbons (Fsp3) is 0.0455. The summed E-state index contributed by atoms with van der Waals surface area (Å²) in [6.07, 6.45) is 0. The third kappa shape index (κ3) is 3.53. The quantitative estimate of drug-likeness (QED) is 0.460. The number of benzene rings is 3. The summed E-state index contributed by atoms with van der Waals surface area (Å²) in [6, 6.07) is 22.0. The lowest BCUT2D eigenvalue weighted by Crippen LogP contribution is -2.43. The number of hydrogen-bond donors (Lipinski definition) is 3. The van der Waals surface area contributed by atoms with Crippen LogP contribution in [0.5, 0.6) is 5.75 Å². The van der Waals surface area contributed by atoms with E-state index in [0.717, 1.165) is 16.7 Å². The summed E-state index contributed by atoms with van der Waals surface area (Å²) in [5, 5.41) is 26.8. The Balaban J connectivity index is 1.96. The molecule has 3 N–H and O–H groups in total. The van der Waals surface area contributed by atoms with Gasteiger partial charge in [-0.05, 0) is 22.8 Å². The van der Waals surface area contributed by atoms with Gasteiger partial charge in [-0.3, -0.25) is 10.1 Å². The molecule has 7 heteroatoms. The van der Waals surface area contributed by atoms with Crippen LogP contribution < -0.4 is 10.6 Å². The van der Waals surface area contributed by atoms with Gasteiger partial charge in [0.05, 0.1) is 16.7 Å². The summed E-state index contributed by atoms with van der Waals surface area (Å²) in [5.41, 5.74) is 3.16. The number of carbonyl (C=O) groups is 1. The molecule has 1 aliphatic heterocycles. The monoisotopic (exact) mass is 387 g/mol. The van der Waals surface area contributed by atoms with Crippen molar-refractivity contribution >= 4 is 23.0 Å². The third-order valence-electron chi connectivity index (χ3n) is 4.75. The Morgan fingerprint density at radius 2 is 1.52 bits per heavy atom. The zero-order valence-corrected chi connectivity index (χ0v) is 15.2. The predicted molar refractivity (Wildman–Crippen MR) is 109 cm³/mol. The fourth-order valence-corrected chi connectivity index (χ4v) is 3.44. The molecule has 29 heavy (non-hydrogen) atoms. The maximum absolute atomic E-state index is 12.5. The van der Waals surface area contributed by atoms with Gasteiger partial charge >= 0.3 is 11.7 Å². The predicted octanol–water partition coefficient (Wildman–Crippen LogP) is 4.22. The highest BCUT2D eigenvalue weighted by Crippen LogP contribution is 2.40. The highest BCUT2D eigenvalue weighted by atomic mass is 16.6. The summed E-state index contributed by atoms with van der Waals surface area (Å²) in [5.74, 6) is -0.424. The van der Waals surface area contributed by atoms with E-state index < -0.39 is 28.4 Å². The number of rotatable bonds is 4. The zero-order chi connectivity index (χ0) is 20.4. The first-order valence-corrected chi connectivity index (χ1v) is 8.94. The minimum atomic E-state index is -0.647. The smallest absolute Gasteiger partial charge is 0.320 e. The molecule has 2 amide bonds. The van der Waals surface area contributed by atoms with Gasteiger partial charge in [-0.1, -0.05) is 66.7 Å². The number of phenols is 1. The Hall–Kier alpha value is -4.13. The number of nitro groups is 1. The van der Waals surface area contributed by atoms with Crippen molar-refractivity contribution in [2.75, 3.05) is 0 Å². The Labute approximate surface area is 166 Å². The molecule has 0 radical (unpaired) electrons. The fourth-order valence-electron chi connectivity index (χ4n) is 3.44. The Kier molecular flexibility index (Phi) is 4.70. The highest BCUT2D eigenvalue weighted by Gasteiger charge is 2.31. The maximum Gasteiger partial charge on any atom is 0.320 e. The van der Waals surface area contributed by atoms with Crippen molar-refractivity contribution < 1.29 is 14.8 Å². The van der Waals surface area contributed by atoms with Gasteiger partial charge in [-0.25, -0.2) is 4.79 Å². The molecule has 7 nitrogen and oxygen atoms in total. The van der Waals surface area contributed by atoms with E-state index in [1.165, 1.54) is 12.1 Å². The second-order valence-electron chi connectivity index (χ2n) is 6.56. The van der Waals surface area contributed by atoms with Gasteiger partial charge in [0, 0.05) is 11.6 Å². The number of urea groups is 1. The summed E-state index contributed by atoms with van der Waals surface area (Å²) < 4.78 is 0. The molecule has 0 saturated heterocycles. The summed E-state index contributed by atoms with van der Waals surface area (Å²) in [6.45, 7) is 0. The molecule has 0 spiro atoms. The SMILES string of the molecule is O=C1NC(c2ccccc2)=C(c2ccccc2)C(c2ccc(O)c([N+](=O)[O-])c2)N1. The van der Waals surface area contributed by atoms with Crippen LogP contribution in [0.4, 0.5) is 10.5 Å². The molecule has 1 heterocycles. The van der Waals surface area contributed by atoms with Gasteiger partial charge < -0.3 is 15.7 Å². The lowest BCUT2D eigenvalue weighted by Gasteiger charge is -2.31. The van der Waals surface area contributed by atoms with Crippen LogP contribution in [0.1, 0.15) is 22.7 Å². The first kappa shape index (κ1) is 18.2. The molecular formula is C22H17N3O4. The summed E-state index contributed by atoms with van der Waals surface area (Å²) >= 11 is 0. The van der Waals surface area contributed by atoms with Crippen LogP contribution in [-0.4, -0.2) is 16.1 Å². The minimum absolute atomic E-state index is 0.413. The van der Waals surface area contributed by atoms with Crippen molar-refractivity contribution in [1.82, 2.24) is 10.6 Å². The number of phenolic OH excluding ortho intramolecular Hbond substituents is 1. The second-order valence-corrected chi connectivity index (χ2v) is 6.56. The van der Waals surface area contributed by atoms with Crippen molar-refractivity contribution in [1.29, 1.82) is 0 Å². The Morgan fingerprint density at radius 1 is 0.897 bits per heavy atom. The first-order chi connectivity index (χ1) is 14.0. The first-order valence-electron chi connectivity index (χ1n) is 8.94. The lowest BCUT2D eigenvalue weighted by molar-refractivity contribution is -0.385. The van der Waals surface area contributed by atoms with E-state index in [-0.39, 0.29) is 0 Å². The Bertz CT molecular complexity index is 1110. The molecule has 1 aliphatic rings. The van der Waals surface area contributed by atoms with Crippen molar-refractivity contribution in [3.63, 3.8) is 0 Å². The number of nitrogens with one attached hydrogen (secondary N) is 2. The second kappa shape index (κ2) is 7.47. The zero-order valence-electron chi connectivity index (χ0n) is 15.2. The molecule has 0 bridgehead atoms. The number of nitrogens with zero attached hydrogens (tertiary/aromatic N) is 1. The molecule has 0 saturated carbocycles. The Morgan fingerprint density at radius 3 is 2.14 bits per heavy atom. The van der Waals surface area contributed by atoms with E-state index in [2.05, 4.69) is 10.6 Å². The average Bonchev–Trinajstić information content (AvgIpc) is 2.74. The lowest BCUT2D eigenvalue weighted by atomic mass is 9.87. The van der Waals surface area contributed by atoms with Crippen LogP contribution in [0.25, 0.3) is 11.3 Å². The van der Waals surface area contributed by atoms with Crippen LogP contribution >= 0.6 is 0 Å². The average molecular weight is 387 g/mol. The van der Waals surface area contributed by atoms with Crippen molar-refractivity contribution in [2.45, 2.75) is 6.04 Å². The molecule has 1 atom stereocenters. The number of amides is 2. The molecule has 0 aliphatic carbocycles. The van der Waals surface area contributed by atoms with Crippen LogP contribution in [0.15, 0.2) is 78.9 Å². The van der Waals surface area contributed by atoms with Gasteiger partial charge in [-0.15, -0.1) is 0 Å². The van der Waals surface area contributed by atoms with Crippen molar-refractivity contribution in [3.05, 3.63) is 106 Å². The van der Waals surface area contributed by atoms with Gasteiger partial charge in [0.15, 0.2) is 5.75 Å². The topological polar surface area (TPSA) is 104 Å². The van der Waals surface area contributed by atoms with E-state index in [4.69, 9.17) is 0 Å². The normalized spacial score (nSPS) is 16.1. The van der Waals surface area contributed by atoms with Crippen molar-refractivity contribution in [3.8, 4) is 5.75 Å². The van der Waals surface area contributed by atoms with E-state index >= 15 is 0 Å². The molecule has 4 rings (SSSR count). The van der Waals surface area contributed by atoms with Crippen LogP contribution in [0.3, 0.4) is 0 Å². The maximum atomic E-state index is 12.5. The molecule has 144 valence electrons. The van der Waals surface area contributed by atoms with E-state index in [1.807, 2.05) is 60.7 Å². The number of carbonyl (C=O) groups excluding carboxylic acids is 1. The van der Waals surface area contributed by atoms with E-state index in [1.54, 1.807) is 6.07 Å². The minimum Gasteiger partial charge on any atom is -0.502 e. The number of nitro benzene ring substituents is 1. The van der Waals surface area contributed by atoms with E-state index in [0.29, 0.717) is 11.3 Å². The number of aromatic hydroxyl groups is 1. The van der Waals surface area contributed by atoms with Gasteiger partial charge in [0.25, 0.3) is 0 Å². The van der Waals surface area contributed by atoms with Crippen LogP contribution in [0.2, 0.25) is 0 Å². The molecule has 3 aromatic carbocycles.